The summed E-state index contributed by atoms with van der Waals surface area (Å²) in [7, 11) is 0. The first-order valence-electron chi connectivity index (χ1n) is 10.8. The molecule has 1 aromatic heterocycles. The lowest BCUT2D eigenvalue weighted by Gasteiger charge is -2.26. The maximum absolute atomic E-state index is 13.0. The Morgan fingerprint density at radius 3 is 2.59 bits per heavy atom. The number of nitrogens with one attached hydrogen (secondary N) is 2. The molecule has 1 aromatic carbocycles. The van der Waals surface area contributed by atoms with Crippen molar-refractivity contribution < 1.29 is 32.3 Å². The minimum atomic E-state index is -4.44. The topological polar surface area (TPSA) is 96.6 Å². The van der Waals surface area contributed by atoms with Gasteiger partial charge in [-0.3, -0.25) is 4.79 Å². The summed E-state index contributed by atoms with van der Waals surface area (Å²) in [5.41, 5.74) is 0.200. The number of aliphatic hydroxyl groups is 1. The van der Waals surface area contributed by atoms with Crippen molar-refractivity contribution in [1.82, 2.24) is 15.8 Å². The van der Waals surface area contributed by atoms with Crippen LogP contribution in [-0.4, -0.2) is 47.6 Å². The van der Waals surface area contributed by atoms with Gasteiger partial charge < -0.3 is 25.0 Å². The summed E-state index contributed by atoms with van der Waals surface area (Å²) < 4.78 is 49.6. The number of carbonyl (C=O) groups is 1. The van der Waals surface area contributed by atoms with Gasteiger partial charge in [-0.05, 0) is 44.2 Å². The number of hydrogen-bond acceptors (Lipinski definition) is 6. The molecule has 2 aliphatic rings. The van der Waals surface area contributed by atoms with E-state index >= 15 is 0 Å². The monoisotopic (exact) mass is 453 g/mol. The van der Waals surface area contributed by atoms with Crippen molar-refractivity contribution in [3.05, 3.63) is 41.1 Å². The summed E-state index contributed by atoms with van der Waals surface area (Å²) in [4.78, 5) is 13.0. The molecule has 1 amide bonds. The second-order valence-electron chi connectivity index (χ2n) is 8.35. The summed E-state index contributed by atoms with van der Waals surface area (Å²) in [5.74, 6) is -0.176. The van der Waals surface area contributed by atoms with Crippen LogP contribution in [0.5, 0.6) is 0 Å². The molecule has 0 bridgehead atoms. The van der Waals surface area contributed by atoms with Crippen molar-refractivity contribution in [2.45, 2.75) is 63.0 Å². The van der Waals surface area contributed by atoms with E-state index in [0.29, 0.717) is 37.2 Å². The van der Waals surface area contributed by atoms with Crippen LogP contribution in [0.2, 0.25) is 0 Å². The minimum Gasteiger partial charge on any atom is -0.393 e. The number of rotatable bonds is 6. The first kappa shape index (κ1) is 22.8. The molecule has 32 heavy (non-hydrogen) atoms. The molecular formula is C22H26F3N3O4. The Bertz CT molecular complexity index is 923. The zero-order valence-corrected chi connectivity index (χ0v) is 17.5. The second kappa shape index (κ2) is 9.60. The zero-order valence-electron chi connectivity index (χ0n) is 17.5. The third-order valence-corrected chi connectivity index (χ3v) is 5.96. The van der Waals surface area contributed by atoms with E-state index in [-0.39, 0.29) is 30.1 Å². The van der Waals surface area contributed by atoms with Crippen LogP contribution in [-0.2, 0) is 17.5 Å². The van der Waals surface area contributed by atoms with Gasteiger partial charge >= 0.3 is 6.18 Å². The van der Waals surface area contributed by atoms with E-state index in [1.165, 1.54) is 12.1 Å². The maximum atomic E-state index is 13.0. The Labute approximate surface area is 183 Å². The summed E-state index contributed by atoms with van der Waals surface area (Å²) >= 11 is 0. The first-order chi connectivity index (χ1) is 15.3. The summed E-state index contributed by atoms with van der Waals surface area (Å²) in [6.07, 6.45) is -1.30. The smallest absolute Gasteiger partial charge is 0.393 e. The number of benzene rings is 1. The predicted molar refractivity (Wildman–Crippen MR) is 109 cm³/mol. The van der Waals surface area contributed by atoms with Gasteiger partial charge in [0.05, 0.1) is 18.3 Å². The molecule has 2 aromatic rings. The number of nitrogens with zero attached hydrogens (tertiary/aromatic N) is 1. The Balaban J connectivity index is 1.58. The molecule has 7 nitrogen and oxygen atoms in total. The van der Waals surface area contributed by atoms with Crippen molar-refractivity contribution in [1.29, 1.82) is 0 Å². The van der Waals surface area contributed by atoms with Crippen LogP contribution < -0.4 is 10.6 Å². The average Bonchev–Trinajstić information content (AvgIpc) is 3.41. The third kappa shape index (κ3) is 5.31. The molecule has 10 heteroatoms. The van der Waals surface area contributed by atoms with Crippen LogP contribution in [0, 0.1) is 0 Å². The second-order valence-corrected chi connectivity index (χ2v) is 8.35. The molecule has 2 fully saturated rings. The Hall–Kier alpha value is -2.43. The number of amides is 1. The van der Waals surface area contributed by atoms with Gasteiger partial charge in [-0.2, -0.15) is 13.2 Å². The summed E-state index contributed by atoms with van der Waals surface area (Å²) in [6.45, 7) is 1.44. The zero-order chi connectivity index (χ0) is 22.7. The van der Waals surface area contributed by atoms with Gasteiger partial charge in [0.15, 0.2) is 11.5 Å². The Morgan fingerprint density at radius 1 is 1.16 bits per heavy atom. The first-order valence-corrected chi connectivity index (χ1v) is 10.8. The fourth-order valence-electron chi connectivity index (χ4n) is 4.18. The lowest BCUT2D eigenvalue weighted by Crippen LogP contribution is -2.40. The van der Waals surface area contributed by atoms with E-state index in [9.17, 15) is 23.1 Å². The van der Waals surface area contributed by atoms with E-state index in [0.717, 1.165) is 31.4 Å². The Morgan fingerprint density at radius 2 is 1.94 bits per heavy atom. The highest BCUT2D eigenvalue weighted by atomic mass is 19.4. The van der Waals surface area contributed by atoms with Gasteiger partial charge in [-0.25, -0.2) is 0 Å². The van der Waals surface area contributed by atoms with E-state index in [1.54, 1.807) is 0 Å². The van der Waals surface area contributed by atoms with Crippen LogP contribution in [0.1, 0.15) is 53.7 Å². The number of aliphatic hydroxyl groups excluding tert-OH is 1. The summed E-state index contributed by atoms with van der Waals surface area (Å²) in [6, 6.07) is 4.51. The van der Waals surface area contributed by atoms with Gasteiger partial charge in [-0.15, -0.1) is 0 Å². The maximum Gasteiger partial charge on any atom is 0.416 e. The highest BCUT2D eigenvalue weighted by Gasteiger charge is 2.31. The molecule has 4 rings (SSSR count). The van der Waals surface area contributed by atoms with Crippen LogP contribution in [0.15, 0.2) is 28.8 Å². The average molecular weight is 453 g/mol. The number of halogens is 3. The van der Waals surface area contributed by atoms with Crippen LogP contribution in [0.3, 0.4) is 0 Å². The van der Waals surface area contributed by atoms with Crippen molar-refractivity contribution >= 4 is 5.91 Å². The van der Waals surface area contributed by atoms with Crippen molar-refractivity contribution in [2.75, 3.05) is 13.2 Å². The molecule has 174 valence electrons. The van der Waals surface area contributed by atoms with Gasteiger partial charge in [0.1, 0.15) is 0 Å². The predicted octanol–water partition coefficient (Wildman–Crippen LogP) is 3.27. The fourth-order valence-corrected chi connectivity index (χ4v) is 4.18. The molecule has 3 atom stereocenters. The third-order valence-electron chi connectivity index (χ3n) is 5.96. The molecule has 1 aliphatic heterocycles. The molecule has 1 aliphatic carbocycles. The molecule has 0 radical (unpaired) electrons. The molecule has 1 saturated heterocycles. The lowest BCUT2D eigenvalue weighted by atomic mass is 9.93. The largest absolute Gasteiger partial charge is 0.416 e. The fraction of sp³-hybridized carbons (Fsp3) is 0.545. The number of alkyl halides is 3. The highest BCUT2D eigenvalue weighted by molar-refractivity contribution is 5.95. The normalized spacial score (nSPS) is 23.9. The SMILES string of the molecule is O=C(N[C@@H]1CCC[C@H](O)C1)c1noc(-c2ccc(C(F)(F)F)cc2)c1CN[C@@H]1CCOC1. The standard InChI is InChI=1S/C22H26F3N3O4/c23-22(24,25)14-6-4-13(5-7-14)20-18(11-26-16-8-9-31-12-16)19(28-32-20)21(30)27-15-2-1-3-17(29)10-15/h4-7,15-17,26,29H,1-3,8-12H2,(H,27,30)/t15-,16-,17+/m1/s1. The van der Waals surface area contributed by atoms with Crippen LogP contribution >= 0.6 is 0 Å². The number of aromatic nitrogens is 1. The number of ether oxygens (including phenoxy) is 1. The molecule has 0 unspecified atom stereocenters. The quantitative estimate of drug-likeness (QED) is 0.621. The van der Waals surface area contributed by atoms with Crippen molar-refractivity contribution in [3.8, 4) is 11.3 Å². The van der Waals surface area contributed by atoms with Crippen molar-refractivity contribution in [3.63, 3.8) is 0 Å². The molecule has 1 saturated carbocycles. The van der Waals surface area contributed by atoms with Crippen LogP contribution in [0.25, 0.3) is 11.3 Å². The van der Waals surface area contributed by atoms with Crippen molar-refractivity contribution in [2.24, 2.45) is 0 Å². The van der Waals surface area contributed by atoms with Crippen LogP contribution in [0.4, 0.5) is 13.2 Å². The van der Waals surface area contributed by atoms with Gasteiger partial charge in [0, 0.05) is 36.4 Å². The highest BCUT2D eigenvalue weighted by Crippen LogP contribution is 2.33. The molecule has 2 heterocycles. The molecule has 3 N–H and O–H groups in total. The number of hydrogen-bond donors (Lipinski definition) is 3. The lowest BCUT2D eigenvalue weighted by molar-refractivity contribution is -0.137. The Kier molecular flexibility index (Phi) is 6.82. The number of carbonyl (C=O) groups excluding carboxylic acids is 1. The van der Waals surface area contributed by atoms with Gasteiger partial charge in [0.2, 0.25) is 0 Å². The van der Waals surface area contributed by atoms with E-state index in [1.807, 2.05) is 0 Å². The van der Waals surface area contributed by atoms with E-state index in [2.05, 4.69) is 15.8 Å². The molecular weight excluding hydrogens is 427 g/mol. The van der Waals surface area contributed by atoms with E-state index < -0.39 is 23.8 Å². The molecule has 0 spiro atoms. The minimum absolute atomic E-state index is 0.0892. The summed E-state index contributed by atoms with van der Waals surface area (Å²) in [5, 5.41) is 20.0. The van der Waals surface area contributed by atoms with E-state index in [4.69, 9.17) is 9.26 Å². The van der Waals surface area contributed by atoms with Gasteiger partial charge in [-0.1, -0.05) is 17.3 Å². The van der Waals surface area contributed by atoms with Gasteiger partial charge in [0.25, 0.3) is 5.91 Å².